The first-order chi connectivity index (χ1) is 7.97. The van der Waals surface area contributed by atoms with E-state index in [2.05, 4.69) is 0 Å². The minimum Gasteiger partial charge on any atom is -0.481 e. The highest BCUT2D eigenvalue weighted by molar-refractivity contribution is 5.96. The summed E-state index contributed by atoms with van der Waals surface area (Å²) in [5.74, 6) is -1.30. The predicted molar refractivity (Wildman–Crippen MR) is 62.9 cm³/mol. The van der Waals surface area contributed by atoms with E-state index < -0.39 is 11.9 Å². The lowest BCUT2D eigenvalue weighted by Gasteiger charge is -2.36. The molecule has 17 heavy (non-hydrogen) atoms. The van der Waals surface area contributed by atoms with Crippen LogP contribution >= 0.6 is 0 Å². The quantitative estimate of drug-likeness (QED) is 0.841. The van der Waals surface area contributed by atoms with E-state index in [0.29, 0.717) is 18.7 Å². The van der Waals surface area contributed by atoms with Crippen molar-refractivity contribution >= 4 is 11.9 Å². The Kier molecular flexibility index (Phi) is 2.88. The maximum Gasteiger partial charge on any atom is 0.310 e. The van der Waals surface area contributed by atoms with Gasteiger partial charge in [-0.25, -0.2) is 0 Å². The molecular weight excluding hydrogens is 218 g/mol. The fourth-order valence-electron chi connectivity index (χ4n) is 2.08. The Morgan fingerprint density at radius 1 is 1.18 bits per heavy atom. The standard InChI is InChI=1S/C13H15NO3/c1-8-3-9(2)5-10(4-8)12(15)14-6-11(7-14)13(16)17/h3-5,11H,6-7H2,1-2H3,(H,16,17). The lowest BCUT2D eigenvalue weighted by molar-refractivity contribution is -0.146. The smallest absolute Gasteiger partial charge is 0.310 e. The van der Waals surface area contributed by atoms with Crippen molar-refractivity contribution in [3.8, 4) is 0 Å². The monoisotopic (exact) mass is 233 g/mol. The van der Waals surface area contributed by atoms with Crippen LogP contribution in [-0.4, -0.2) is 35.0 Å². The molecular formula is C13H15NO3. The Hall–Kier alpha value is -1.84. The number of carbonyl (C=O) groups excluding carboxylic acids is 1. The van der Waals surface area contributed by atoms with Gasteiger partial charge in [0.25, 0.3) is 5.91 Å². The van der Waals surface area contributed by atoms with Gasteiger partial charge in [-0.1, -0.05) is 17.2 Å². The van der Waals surface area contributed by atoms with Gasteiger partial charge in [-0.2, -0.15) is 0 Å². The van der Waals surface area contributed by atoms with Crippen molar-refractivity contribution in [2.75, 3.05) is 13.1 Å². The lowest BCUT2D eigenvalue weighted by atomic mass is 9.98. The predicted octanol–water partition coefficient (Wildman–Crippen LogP) is 1.46. The second-order valence-electron chi connectivity index (χ2n) is 4.62. The molecule has 1 amide bonds. The van der Waals surface area contributed by atoms with Crippen LogP contribution in [-0.2, 0) is 4.79 Å². The number of hydrogen-bond acceptors (Lipinski definition) is 2. The minimum atomic E-state index is -0.825. The lowest BCUT2D eigenvalue weighted by Crippen LogP contribution is -2.53. The highest BCUT2D eigenvalue weighted by atomic mass is 16.4. The molecule has 1 aliphatic heterocycles. The van der Waals surface area contributed by atoms with Crippen LogP contribution in [0.4, 0.5) is 0 Å². The fraction of sp³-hybridized carbons (Fsp3) is 0.385. The van der Waals surface area contributed by atoms with Crippen molar-refractivity contribution in [1.82, 2.24) is 4.90 Å². The number of aliphatic carboxylic acids is 1. The topological polar surface area (TPSA) is 57.6 Å². The van der Waals surface area contributed by atoms with Crippen molar-refractivity contribution < 1.29 is 14.7 Å². The highest BCUT2D eigenvalue weighted by Gasteiger charge is 2.35. The molecule has 1 aromatic carbocycles. The Balaban J connectivity index is 2.09. The van der Waals surface area contributed by atoms with E-state index in [-0.39, 0.29) is 5.91 Å². The molecule has 0 bridgehead atoms. The number of carbonyl (C=O) groups is 2. The summed E-state index contributed by atoms with van der Waals surface area (Å²) in [4.78, 5) is 24.3. The maximum atomic E-state index is 12.0. The molecule has 1 N–H and O–H groups in total. The highest BCUT2D eigenvalue weighted by Crippen LogP contribution is 2.20. The summed E-state index contributed by atoms with van der Waals surface area (Å²) in [6.45, 7) is 4.53. The first-order valence-corrected chi connectivity index (χ1v) is 5.58. The van der Waals surface area contributed by atoms with Crippen molar-refractivity contribution in [3.05, 3.63) is 34.9 Å². The maximum absolute atomic E-state index is 12.0. The van der Waals surface area contributed by atoms with Gasteiger partial charge in [-0.05, 0) is 26.0 Å². The van der Waals surface area contributed by atoms with E-state index >= 15 is 0 Å². The molecule has 90 valence electrons. The first-order valence-electron chi connectivity index (χ1n) is 5.58. The summed E-state index contributed by atoms with van der Waals surface area (Å²) in [7, 11) is 0. The largest absolute Gasteiger partial charge is 0.481 e. The zero-order valence-corrected chi connectivity index (χ0v) is 9.93. The number of benzene rings is 1. The molecule has 4 heteroatoms. The third-order valence-electron chi connectivity index (χ3n) is 2.99. The number of nitrogens with zero attached hydrogens (tertiary/aromatic N) is 1. The van der Waals surface area contributed by atoms with Gasteiger partial charge in [-0.15, -0.1) is 0 Å². The Labute approximate surface area is 99.9 Å². The molecule has 2 rings (SSSR count). The molecule has 1 saturated heterocycles. The Morgan fingerprint density at radius 2 is 1.71 bits per heavy atom. The summed E-state index contributed by atoms with van der Waals surface area (Å²) < 4.78 is 0. The first kappa shape index (κ1) is 11.6. The fourth-order valence-corrected chi connectivity index (χ4v) is 2.08. The second kappa shape index (κ2) is 4.20. The second-order valence-corrected chi connectivity index (χ2v) is 4.62. The summed E-state index contributed by atoms with van der Waals surface area (Å²) in [6, 6.07) is 5.68. The summed E-state index contributed by atoms with van der Waals surface area (Å²) in [6.07, 6.45) is 0. The van der Waals surface area contributed by atoms with E-state index in [1.165, 1.54) is 0 Å². The molecule has 0 saturated carbocycles. The van der Waals surface area contributed by atoms with Crippen molar-refractivity contribution in [1.29, 1.82) is 0 Å². The number of amides is 1. The van der Waals surface area contributed by atoms with Crippen LogP contribution in [0.1, 0.15) is 21.5 Å². The van der Waals surface area contributed by atoms with E-state index in [1.54, 1.807) is 4.90 Å². The summed E-state index contributed by atoms with van der Waals surface area (Å²) >= 11 is 0. The van der Waals surface area contributed by atoms with Crippen LogP contribution in [0, 0.1) is 19.8 Å². The van der Waals surface area contributed by atoms with E-state index in [1.807, 2.05) is 32.0 Å². The number of hydrogen-bond donors (Lipinski definition) is 1. The SMILES string of the molecule is Cc1cc(C)cc(C(=O)N2CC(C(=O)O)C2)c1. The van der Waals surface area contributed by atoms with Crippen LogP contribution in [0.5, 0.6) is 0 Å². The zero-order valence-electron chi connectivity index (χ0n) is 9.93. The average molecular weight is 233 g/mol. The van der Waals surface area contributed by atoms with Gasteiger partial charge in [0.05, 0.1) is 5.92 Å². The molecule has 1 heterocycles. The van der Waals surface area contributed by atoms with Crippen LogP contribution in [0.2, 0.25) is 0 Å². The number of likely N-dealkylation sites (tertiary alicyclic amines) is 1. The molecule has 0 aliphatic carbocycles. The Bertz CT molecular complexity index is 455. The number of aryl methyl sites for hydroxylation is 2. The van der Waals surface area contributed by atoms with Crippen LogP contribution in [0.3, 0.4) is 0 Å². The van der Waals surface area contributed by atoms with Gasteiger partial charge in [0.2, 0.25) is 0 Å². The van der Waals surface area contributed by atoms with Gasteiger partial charge in [-0.3, -0.25) is 9.59 Å². The molecule has 1 aliphatic rings. The third kappa shape index (κ3) is 2.30. The van der Waals surface area contributed by atoms with Gasteiger partial charge in [0.1, 0.15) is 0 Å². The third-order valence-corrected chi connectivity index (χ3v) is 2.99. The van der Waals surface area contributed by atoms with Crippen molar-refractivity contribution in [3.63, 3.8) is 0 Å². The van der Waals surface area contributed by atoms with Gasteiger partial charge >= 0.3 is 5.97 Å². The summed E-state index contributed by atoms with van der Waals surface area (Å²) in [5.41, 5.74) is 2.73. The molecule has 0 atom stereocenters. The van der Waals surface area contributed by atoms with Crippen molar-refractivity contribution in [2.45, 2.75) is 13.8 Å². The molecule has 4 nitrogen and oxygen atoms in total. The molecule has 1 fully saturated rings. The van der Waals surface area contributed by atoms with Gasteiger partial charge < -0.3 is 10.0 Å². The van der Waals surface area contributed by atoms with Gasteiger partial charge in [0, 0.05) is 18.7 Å². The molecule has 0 aromatic heterocycles. The van der Waals surface area contributed by atoms with E-state index in [4.69, 9.17) is 5.11 Å². The van der Waals surface area contributed by atoms with Gasteiger partial charge in [0.15, 0.2) is 0 Å². The van der Waals surface area contributed by atoms with Crippen LogP contribution in [0.25, 0.3) is 0 Å². The molecule has 1 aromatic rings. The molecule has 0 radical (unpaired) electrons. The van der Waals surface area contributed by atoms with Crippen molar-refractivity contribution in [2.24, 2.45) is 5.92 Å². The Morgan fingerprint density at radius 3 is 2.18 bits per heavy atom. The van der Waals surface area contributed by atoms with Crippen LogP contribution in [0.15, 0.2) is 18.2 Å². The summed E-state index contributed by atoms with van der Waals surface area (Å²) in [5, 5.41) is 8.75. The average Bonchev–Trinajstić information content (AvgIpc) is 2.12. The normalized spacial score (nSPS) is 15.5. The number of carboxylic acid groups (broad SMARTS) is 1. The zero-order chi connectivity index (χ0) is 12.6. The van der Waals surface area contributed by atoms with E-state index in [9.17, 15) is 9.59 Å². The van der Waals surface area contributed by atoms with Crippen LogP contribution < -0.4 is 0 Å². The molecule has 0 spiro atoms. The van der Waals surface area contributed by atoms with E-state index in [0.717, 1.165) is 11.1 Å². The molecule has 0 unspecified atom stereocenters. The number of carboxylic acids is 1. The minimum absolute atomic E-state index is 0.0747. The number of rotatable bonds is 2.